The Kier molecular flexibility index (Phi) is 19.5. The van der Waals surface area contributed by atoms with Crippen LogP contribution in [0.5, 0.6) is 0 Å². The number of carbonyl (C=O) groups excluding carboxylic acids is 5. The normalized spacial score (nSPS) is 37.9. The van der Waals surface area contributed by atoms with E-state index in [4.69, 9.17) is 27.9 Å². The van der Waals surface area contributed by atoms with Gasteiger partial charge in [0, 0.05) is 52.0 Å². The lowest BCUT2D eigenvalue weighted by Crippen LogP contribution is -2.64. The standard InChI is InChI=1S/C45H72N2O16S/c1-11-31-19-25(2)18-26(3)20-37(58-8)40-38(59-9)22-28(5)45(54,62-40)41(50)42(51)47-17-13-12-14-32(47)43(52)61-39(29(6)33(48)24-34(31)49)27(4)21-30-15-16-35(36(23-30)57-7)63-64(55,56)46-44(53)60-10/h19,21,26,28-33,35-40,48,54H,11-18,20,22-24H2,1-10H3,(H,46,53)/b25-19+,27-21+/t26-,28+,29+,30-,31+,32-,33-,35-,36+,37-,38-,39?,40+,45+/m0/s1. The summed E-state index contributed by atoms with van der Waals surface area (Å²) in [5.74, 6) is -8.35. The van der Waals surface area contributed by atoms with Crippen LogP contribution in [0.15, 0.2) is 23.3 Å². The number of piperidine rings is 1. The van der Waals surface area contributed by atoms with Crippen LogP contribution in [-0.2, 0) is 62.1 Å². The van der Waals surface area contributed by atoms with Crippen LogP contribution in [0.25, 0.3) is 0 Å². The van der Waals surface area contributed by atoms with Gasteiger partial charge in [0.15, 0.2) is 0 Å². The lowest BCUT2D eigenvalue weighted by molar-refractivity contribution is -0.302. The zero-order chi connectivity index (χ0) is 47.7. The van der Waals surface area contributed by atoms with Crippen LogP contribution in [0.3, 0.4) is 0 Å². The van der Waals surface area contributed by atoms with Gasteiger partial charge in [-0.15, -0.1) is 0 Å². The van der Waals surface area contributed by atoms with Gasteiger partial charge in [-0.25, -0.2) is 13.8 Å². The van der Waals surface area contributed by atoms with Crippen LogP contribution in [-0.4, -0.2) is 143 Å². The molecule has 64 heavy (non-hydrogen) atoms. The molecule has 0 radical (unpaired) electrons. The molecule has 1 unspecified atom stereocenters. The predicted octanol–water partition coefficient (Wildman–Crippen LogP) is 4.10. The van der Waals surface area contributed by atoms with Crippen molar-refractivity contribution >= 4 is 39.8 Å². The van der Waals surface area contributed by atoms with Gasteiger partial charge < -0.3 is 43.5 Å². The number of methoxy groups -OCH3 is 4. The van der Waals surface area contributed by atoms with E-state index in [1.807, 2.05) is 32.9 Å². The van der Waals surface area contributed by atoms with E-state index in [1.165, 1.54) is 21.3 Å². The second kappa shape index (κ2) is 23.4. The molecule has 19 heteroatoms. The SMILES string of the molecule is CC[C@@H]1/C=C(\C)C[C@H](C)C[C@H](OC)[C@H]2O[C@@](O)(C(=O)C(=O)N3CCCC[C@H]3C(=O)OC(/C(C)=C/[C@@H]3CC[C@H](OS(=O)(=O)NC(=O)OC)[C@H](OC)C3)[C@H](C)[C@@H](O)CC1=O)[C@H](C)C[C@@H]2OC. The minimum Gasteiger partial charge on any atom is -0.456 e. The van der Waals surface area contributed by atoms with Gasteiger partial charge >= 0.3 is 22.4 Å². The van der Waals surface area contributed by atoms with Crippen molar-refractivity contribution in [3.8, 4) is 0 Å². The number of aliphatic hydroxyl groups excluding tert-OH is 1. The van der Waals surface area contributed by atoms with Crippen molar-refractivity contribution in [2.45, 2.75) is 167 Å². The van der Waals surface area contributed by atoms with Gasteiger partial charge in [-0.2, -0.15) is 13.1 Å². The third-order valence-electron chi connectivity index (χ3n) is 13.5. The lowest BCUT2D eigenvalue weighted by Gasteiger charge is -2.47. The fourth-order valence-electron chi connectivity index (χ4n) is 9.81. The molecule has 0 spiro atoms. The number of nitrogens with zero attached hydrogens (tertiary/aromatic N) is 1. The molecule has 2 amide bonds. The van der Waals surface area contributed by atoms with Gasteiger partial charge in [-0.05, 0) is 95.5 Å². The van der Waals surface area contributed by atoms with Crippen LogP contribution in [0.4, 0.5) is 4.79 Å². The van der Waals surface area contributed by atoms with Crippen LogP contribution < -0.4 is 4.72 Å². The highest BCUT2D eigenvalue weighted by atomic mass is 32.2. The number of nitrogens with one attached hydrogen (secondary N) is 1. The number of cyclic esters (lactones) is 1. The maximum absolute atomic E-state index is 14.4. The van der Waals surface area contributed by atoms with E-state index in [0.29, 0.717) is 44.1 Å². The molecule has 3 aliphatic heterocycles. The second-order valence-corrected chi connectivity index (χ2v) is 19.6. The number of fused-ring (bicyclic) bond motifs is 3. The van der Waals surface area contributed by atoms with Gasteiger partial charge in [0.2, 0.25) is 5.79 Å². The van der Waals surface area contributed by atoms with E-state index in [2.05, 4.69) is 4.74 Å². The van der Waals surface area contributed by atoms with Crippen molar-refractivity contribution in [2.24, 2.45) is 29.6 Å². The Hall–Kier alpha value is -3.30. The summed E-state index contributed by atoms with van der Waals surface area (Å²) in [7, 11) is 0.920. The Morgan fingerprint density at radius 2 is 1.59 bits per heavy atom. The quantitative estimate of drug-likeness (QED) is 0.168. The number of ether oxygens (including phenoxy) is 6. The predicted molar refractivity (Wildman–Crippen MR) is 231 cm³/mol. The first-order chi connectivity index (χ1) is 30.1. The summed E-state index contributed by atoms with van der Waals surface area (Å²) in [5, 5.41) is 23.8. The molecule has 0 aromatic carbocycles. The molecule has 2 saturated heterocycles. The maximum Gasteiger partial charge on any atom is 0.422 e. The number of amides is 2. The van der Waals surface area contributed by atoms with Crippen LogP contribution in [0.2, 0.25) is 0 Å². The largest absolute Gasteiger partial charge is 0.456 e. The maximum atomic E-state index is 14.4. The third kappa shape index (κ3) is 13.2. The number of carbonyl (C=O) groups is 5. The lowest BCUT2D eigenvalue weighted by atomic mass is 9.81. The molecule has 0 aromatic rings. The van der Waals surface area contributed by atoms with E-state index >= 15 is 0 Å². The van der Waals surface area contributed by atoms with Gasteiger partial charge in [-0.3, -0.25) is 14.4 Å². The fourth-order valence-corrected chi connectivity index (χ4v) is 10.7. The number of aliphatic hydroxyl groups is 2. The van der Waals surface area contributed by atoms with Gasteiger partial charge in [0.05, 0.1) is 31.5 Å². The summed E-state index contributed by atoms with van der Waals surface area (Å²) in [6, 6.07) is -1.22. The van der Waals surface area contributed by atoms with Gasteiger partial charge in [-0.1, -0.05) is 45.4 Å². The second-order valence-electron chi connectivity index (χ2n) is 18.3. The fraction of sp³-hybridized carbons (Fsp3) is 0.800. The van der Waals surface area contributed by atoms with E-state index in [-0.39, 0.29) is 56.3 Å². The number of hydrogen-bond acceptors (Lipinski definition) is 16. The van der Waals surface area contributed by atoms with E-state index in [0.717, 1.165) is 17.6 Å². The van der Waals surface area contributed by atoms with Crippen molar-refractivity contribution in [1.29, 1.82) is 0 Å². The molecule has 4 aliphatic rings. The number of hydrogen-bond donors (Lipinski definition) is 3. The molecule has 3 N–H and O–H groups in total. The molecule has 2 bridgehead atoms. The summed E-state index contributed by atoms with van der Waals surface area (Å²) in [6.07, 6.45) is -0.115. The Labute approximate surface area is 378 Å². The molecule has 3 fully saturated rings. The monoisotopic (exact) mass is 928 g/mol. The van der Waals surface area contributed by atoms with Crippen molar-refractivity contribution < 1.29 is 75.2 Å². The Bertz CT molecular complexity index is 1820. The number of Topliss-reactive ketones (excluding diaryl/α,β-unsaturated/α-hetero) is 2. The molecule has 18 nitrogen and oxygen atoms in total. The molecule has 0 aromatic heterocycles. The highest BCUT2D eigenvalue weighted by molar-refractivity contribution is 7.85. The minimum atomic E-state index is -4.52. The average molecular weight is 929 g/mol. The summed E-state index contributed by atoms with van der Waals surface area (Å²) in [5.41, 5.74) is 1.47. The highest BCUT2D eigenvalue weighted by Crippen LogP contribution is 2.39. The van der Waals surface area contributed by atoms with Crippen molar-refractivity contribution in [3.63, 3.8) is 0 Å². The summed E-state index contributed by atoms with van der Waals surface area (Å²) < 4.78 is 66.1. The topological polar surface area (TPSA) is 240 Å². The Balaban J connectivity index is 1.73. The first-order valence-electron chi connectivity index (χ1n) is 22.5. The summed E-state index contributed by atoms with van der Waals surface area (Å²) in [6.45, 7) is 10.9. The molecular formula is C45H72N2O16S. The van der Waals surface area contributed by atoms with Crippen LogP contribution >= 0.6 is 0 Å². The van der Waals surface area contributed by atoms with E-state index < -0.39 is 106 Å². The zero-order valence-electron chi connectivity index (χ0n) is 39.1. The first-order valence-corrected chi connectivity index (χ1v) is 23.9. The number of esters is 1. The summed E-state index contributed by atoms with van der Waals surface area (Å²) >= 11 is 0. The van der Waals surface area contributed by atoms with Crippen LogP contribution in [0.1, 0.15) is 112 Å². The van der Waals surface area contributed by atoms with Gasteiger partial charge in [0.25, 0.3) is 11.7 Å². The molecule has 14 atom stereocenters. The Morgan fingerprint density at radius 3 is 2.22 bits per heavy atom. The molecule has 3 heterocycles. The van der Waals surface area contributed by atoms with Crippen LogP contribution in [0, 0.1) is 29.6 Å². The number of rotatable bonds is 9. The zero-order valence-corrected chi connectivity index (χ0v) is 39.9. The number of allylic oxidation sites excluding steroid dienone is 3. The summed E-state index contributed by atoms with van der Waals surface area (Å²) in [4.78, 5) is 69.6. The van der Waals surface area contributed by atoms with Gasteiger partial charge in [0.1, 0.15) is 30.1 Å². The molecule has 4 rings (SSSR count). The molecule has 364 valence electrons. The molecular weight excluding hydrogens is 857 g/mol. The van der Waals surface area contributed by atoms with Crippen molar-refractivity contribution in [3.05, 3.63) is 23.3 Å². The third-order valence-corrected chi connectivity index (χ3v) is 14.4. The van der Waals surface area contributed by atoms with E-state index in [1.54, 1.807) is 25.5 Å². The van der Waals surface area contributed by atoms with Crippen molar-refractivity contribution in [1.82, 2.24) is 9.62 Å². The van der Waals surface area contributed by atoms with Crippen molar-refractivity contribution in [2.75, 3.05) is 35.0 Å². The first kappa shape index (κ1) is 53.3. The molecule has 1 aliphatic carbocycles. The van der Waals surface area contributed by atoms with E-state index in [9.17, 15) is 42.6 Å². The average Bonchev–Trinajstić information content (AvgIpc) is 3.26. The Morgan fingerprint density at radius 1 is 0.938 bits per heavy atom. The highest BCUT2D eigenvalue weighted by Gasteiger charge is 2.56. The smallest absolute Gasteiger partial charge is 0.422 e. The number of ketones is 2. The molecule has 1 saturated carbocycles. The minimum absolute atomic E-state index is 0.00874.